The standard InChI is InChI=1S/C32H49NO4/c1-7-29(35)36-23-12-14-31(5)22(16-23)9-10-24-25(31)13-15-32(6)26(24)17-28-30(32)20(3)27(37-28)11-8-19(2)18-33-21(4)34/h9,19,23-26,28,30H,7-8,10-18H2,1-6H3,(H,33,34)/t19-,23+,24-,25-,26-,28-,30+,31-,32-/m0/s1. The van der Waals surface area contributed by atoms with Gasteiger partial charge in [-0.25, -0.2) is 0 Å². The lowest BCUT2D eigenvalue weighted by molar-refractivity contribution is -0.151. The Morgan fingerprint density at radius 1 is 1.22 bits per heavy atom. The summed E-state index contributed by atoms with van der Waals surface area (Å²) in [5.74, 6) is 4.45. The maximum Gasteiger partial charge on any atom is 0.305 e. The average Bonchev–Trinajstić information content (AvgIpc) is 3.34. The van der Waals surface area contributed by atoms with Crippen molar-refractivity contribution in [1.29, 1.82) is 0 Å². The first-order valence-corrected chi connectivity index (χ1v) is 15.1. The van der Waals surface area contributed by atoms with Gasteiger partial charge in [0.15, 0.2) is 0 Å². The molecular formula is C32H49NO4. The highest BCUT2D eigenvalue weighted by atomic mass is 16.5. The Morgan fingerprint density at radius 2 is 2.00 bits per heavy atom. The van der Waals surface area contributed by atoms with E-state index in [2.05, 4.69) is 39.1 Å². The van der Waals surface area contributed by atoms with Crippen molar-refractivity contribution in [3.05, 3.63) is 23.0 Å². The molecule has 0 aromatic heterocycles. The van der Waals surface area contributed by atoms with Crippen molar-refractivity contribution >= 4 is 11.9 Å². The normalized spacial score (nSPS) is 41.0. The molecule has 9 atom stereocenters. The number of rotatable bonds is 7. The van der Waals surface area contributed by atoms with Gasteiger partial charge in [0, 0.05) is 38.6 Å². The molecule has 0 bridgehead atoms. The molecule has 1 amide bonds. The number of esters is 1. The quantitative estimate of drug-likeness (QED) is 0.304. The molecule has 0 aromatic carbocycles. The molecule has 4 aliphatic carbocycles. The molecule has 1 heterocycles. The summed E-state index contributed by atoms with van der Waals surface area (Å²) in [6.45, 7) is 13.9. The molecule has 0 saturated heterocycles. The van der Waals surface area contributed by atoms with Crippen molar-refractivity contribution < 1.29 is 19.1 Å². The maximum atomic E-state index is 11.9. The maximum absolute atomic E-state index is 11.9. The summed E-state index contributed by atoms with van der Waals surface area (Å²) in [6.07, 6.45) is 13.5. The van der Waals surface area contributed by atoms with Crippen molar-refractivity contribution in [2.24, 2.45) is 40.4 Å². The number of fused-ring (bicyclic) bond motifs is 7. The summed E-state index contributed by atoms with van der Waals surface area (Å²) in [6, 6.07) is 0. The number of nitrogens with one attached hydrogen (secondary N) is 1. The van der Waals surface area contributed by atoms with E-state index in [-0.39, 0.29) is 23.4 Å². The number of carbonyl (C=O) groups excluding carboxylic acids is 2. The van der Waals surface area contributed by atoms with Gasteiger partial charge in [0.1, 0.15) is 12.2 Å². The van der Waals surface area contributed by atoms with Gasteiger partial charge in [-0.05, 0) is 91.9 Å². The Balaban J connectivity index is 1.28. The van der Waals surface area contributed by atoms with E-state index < -0.39 is 0 Å². The van der Waals surface area contributed by atoms with E-state index in [9.17, 15) is 9.59 Å². The first kappa shape index (κ1) is 26.8. The SMILES string of the molecule is CCC(=O)O[C@@H]1CC[C@@]2(C)C(=CC[C@@H]3[C@@H]4C[C@@H]5OC(CC[C@H](C)CNC(C)=O)=C(C)[C@H]5[C@@]4(C)CC[C@@H]32)C1. The predicted octanol–water partition coefficient (Wildman–Crippen LogP) is 6.72. The van der Waals surface area contributed by atoms with Crippen molar-refractivity contribution in [2.45, 2.75) is 118 Å². The molecule has 37 heavy (non-hydrogen) atoms. The molecule has 0 spiro atoms. The fourth-order valence-corrected chi connectivity index (χ4v) is 9.38. The van der Waals surface area contributed by atoms with Gasteiger partial charge in [-0.15, -0.1) is 0 Å². The van der Waals surface area contributed by atoms with Gasteiger partial charge in [-0.2, -0.15) is 0 Å². The first-order valence-electron chi connectivity index (χ1n) is 15.1. The molecular weight excluding hydrogens is 462 g/mol. The molecule has 1 aliphatic heterocycles. The predicted molar refractivity (Wildman–Crippen MR) is 145 cm³/mol. The minimum atomic E-state index is -0.0567. The molecule has 3 saturated carbocycles. The van der Waals surface area contributed by atoms with E-state index in [1.807, 2.05) is 6.92 Å². The second-order valence-corrected chi connectivity index (χ2v) is 13.6. The smallest absolute Gasteiger partial charge is 0.305 e. The third kappa shape index (κ3) is 4.67. The lowest BCUT2D eigenvalue weighted by Gasteiger charge is -2.58. The van der Waals surface area contributed by atoms with E-state index >= 15 is 0 Å². The van der Waals surface area contributed by atoms with Crippen LogP contribution in [0, 0.1) is 40.4 Å². The van der Waals surface area contributed by atoms with Crippen LogP contribution in [-0.4, -0.2) is 30.6 Å². The van der Waals surface area contributed by atoms with Gasteiger partial charge >= 0.3 is 5.97 Å². The Hall–Kier alpha value is -1.78. The Bertz CT molecular complexity index is 983. The number of carbonyl (C=O) groups is 2. The van der Waals surface area contributed by atoms with E-state index in [0.29, 0.717) is 29.8 Å². The molecule has 0 aromatic rings. The van der Waals surface area contributed by atoms with Crippen molar-refractivity contribution in [3.63, 3.8) is 0 Å². The van der Waals surface area contributed by atoms with Crippen LogP contribution in [0.15, 0.2) is 23.0 Å². The van der Waals surface area contributed by atoms with Crippen LogP contribution in [0.3, 0.4) is 0 Å². The van der Waals surface area contributed by atoms with Crippen molar-refractivity contribution in [3.8, 4) is 0 Å². The van der Waals surface area contributed by atoms with Gasteiger partial charge in [-0.1, -0.05) is 39.3 Å². The zero-order chi connectivity index (χ0) is 26.5. The van der Waals surface area contributed by atoms with Gasteiger partial charge in [-0.3, -0.25) is 9.59 Å². The number of allylic oxidation sites excluding steroid dienone is 2. The lowest BCUT2D eigenvalue weighted by Crippen LogP contribution is -2.50. The monoisotopic (exact) mass is 511 g/mol. The highest BCUT2D eigenvalue weighted by Gasteiger charge is 2.63. The van der Waals surface area contributed by atoms with Crippen molar-refractivity contribution in [1.82, 2.24) is 5.32 Å². The molecule has 5 aliphatic rings. The van der Waals surface area contributed by atoms with Gasteiger partial charge in [0.25, 0.3) is 0 Å². The van der Waals surface area contributed by atoms with Crippen LogP contribution < -0.4 is 5.32 Å². The van der Waals surface area contributed by atoms with Crippen LogP contribution in [0.5, 0.6) is 0 Å². The first-order chi connectivity index (χ1) is 17.6. The third-order valence-electron chi connectivity index (χ3n) is 11.4. The number of amides is 1. The van der Waals surface area contributed by atoms with Crippen LogP contribution in [0.1, 0.15) is 106 Å². The van der Waals surface area contributed by atoms with E-state index in [4.69, 9.17) is 9.47 Å². The molecule has 1 N–H and O–H groups in total. The zero-order valence-electron chi connectivity index (χ0n) is 24.0. The number of hydrogen-bond donors (Lipinski definition) is 1. The molecule has 5 rings (SSSR count). The Morgan fingerprint density at radius 3 is 2.73 bits per heavy atom. The summed E-state index contributed by atoms with van der Waals surface area (Å²) in [4.78, 5) is 23.2. The summed E-state index contributed by atoms with van der Waals surface area (Å²) >= 11 is 0. The van der Waals surface area contributed by atoms with Crippen LogP contribution in [-0.2, 0) is 19.1 Å². The van der Waals surface area contributed by atoms with E-state index in [1.54, 1.807) is 12.5 Å². The third-order valence-corrected chi connectivity index (χ3v) is 11.4. The fraction of sp³-hybridized carbons (Fsp3) is 0.812. The van der Waals surface area contributed by atoms with Gasteiger partial charge in [0.05, 0.1) is 5.76 Å². The second kappa shape index (κ2) is 10.1. The van der Waals surface area contributed by atoms with Crippen LogP contribution in [0.25, 0.3) is 0 Å². The van der Waals surface area contributed by atoms with E-state index in [1.165, 1.54) is 37.0 Å². The minimum absolute atomic E-state index is 0.0509. The molecule has 3 fully saturated rings. The topological polar surface area (TPSA) is 64.6 Å². The largest absolute Gasteiger partial charge is 0.494 e. The summed E-state index contributed by atoms with van der Waals surface area (Å²) in [5.41, 5.74) is 3.67. The summed E-state index contributed by atoms with van der Waals surface area (Å²) in [7, 11) is 0. The molecule has 5 nitrogen and oxygen atoms in total. The molecule has 5 heteroatoms. The van der Waals surface area contributed by atoms with Gasteiger partial charge < -0.3 is 14.8 Å². The molecule has 0 unspecified atom stereocenters. The fourth-order valence-electron chi connectivity index (χ4n) is 9.38. The van der Waals surface area contributed by atoms with Crippen LogP contribution in [0.2, 0.25) is 0 Å². The number of ether oxygens (including phenoxy) is 2. The zero-order valence-corrected chi connectivity index (χ0v) is 24.0. The Labute approximate surface area is 224 Å². The average molecular weight is 512 g/mol. The van der Waals surface area contributed by atoms with Gasteiger partial charge in [0.2, 0.25) is 5.91 Å². The van der Waals surface area contributed by atoms with Crippen LogP contribution >= 0.6 is 0 Å². The number of hydrogen-bond acceptors (Lipinski definition) is 4. The highest BCUT2D eigenvalue weighted by molar-refractivity contribution is 5.72. The summed E-state index contributed by atoms with van der Waals surface area (Å²) < 4.78 is 12.5. The summed E-state index contributed by atoms with van der Waals surface area (Å²) in [5, 5.41) is 2.96. The minimum Gasteiger partial charge on any atom is -0.494 e. The molecule has 0 radical (unpaired) electrons. The van der Waals surface area contributed by atoms with Crippen molar-refractivity contribution in [2.75, 3.05) is 6.54 Å². The lowest BCUT2D eigenvalue weighted by atomic mass is 9.47. The second-order valence-electron chi connectivity index (χ2n) is 13.6. The molecule has 206 valence electrons. The Kier molecular flexibility index (Phi) is 7.30. The highest BCUT2D eigenvalue weighted by Crippen LogP contribution is 2.69. The van der Waals surface area contributed by atoms with Crippen LogP contribution in [0.4, 0.5) is 0 Å². The van der Waals surface area contributed by atoms with E-state index in [0.717, 1.165) is 56.4 Å².